The minimum absolute atomic E-state index is 0.0801. The highest BCUT2D eigenvalue weighted by Gasteiger charge is 2.38. The largest absolute Gasteiger partial charge is 0.386 e. The van der Waals surface area contributed by atoms with Gasteiger partial charge in [-0.05, 0) is 27.7 Å². The highest BCUT2D eigenvalue weighted by atomic mass is 16.5. The van der Waals surface area contributed by atoms with Gasteiger partial charge < -0.3 is 19.9 Å². The summed E-state index contributed by atoms with van der Waals surface area (Å²) in [6.45, 7) is 10.7. The zero-order chi connectivity index (χ0) is 12.2. The number of hydrogen-bond donors (Lipinski definition) is 2. The van der Waals surface area contributed by atoms with Gasteiger partial charge in [-0.2, -0.15) is 0 Å². The van der Waals surface area contributed by atoms with Crippen LogP contribution in [-0.4, -0.2) is 48.7 Å². The van der Waals surface area contributed by atoms with Crippen molar-refractivity contribution in [2.75, 3.05) is 26.3 Å². The third-order valence-electron chi connectivity index (χ3n) is 2.90. The van der Waals surface area contributed by atoms with E-state index in [9.17, 15) is 5.11 Å². The van der Waals surface area contributed by atoms with E-state index in [4.69, 9.17) is 9.47 Å². The SMILES string of the molecule is CC1OCCC1(O)CNCCOC(C)(C)C. The summed E-state index contributed by atoms with van der Waals surface area (Å²) < 4.78 is 10.9. The van der Waals surface area contributed by atoms with Crippen molar-refractivity contribution in [2.45, 2.75) is 51.4 Å². The van der Waals surface area contributed by atoms with Crippen LogP contribution in [0.25, 0.3) is 0 Å². The fourth-order valence-corrected chi connectivity index (χ4v) is 1.74. The van der Waals surface area contributed by atoms with E-state index in [0.29, 0.717) is 26.2 Å². The van der Waals surface area contributed by atoms with Crippen molar-refractivity contribution < 1.29 is 14.6 Å². The van der Waals surface area contributed by atoms with E-state index in [0.717, 1.165) is 6.54 Å². The van der Waals surface area contributed by atoms with Crippen LogP contribution in [0.2, 0.25) is 0 Å². The zero-order valence-corrected chi connectivity index (χ0v) is 10.9. The zero-order valence-electron chi connectivity index (χ0n) is 10.9. The molecule has 0 aromatic heterocycles. The lowest BCUT2D eigenvalue weighted by molar-refractivity contribution is -0.0309. The van der Waals surface area contributed by atoms with Gasteiger partial charge in [0.15, 0.2) is 0 Å². The summed E-state index contributed by atoms with van der Waals surface area (Å²) in [6, 6.07) is 0. The standard InChI is InChI=1S/C12H25NO3/c1-10-12(14,5-7-15-10)9-13-6-8-16-11(2,3)4/h10,13-14H,5-9H2,1-4H3. The Balaban J connectivity index is 2.11. The third kappa shape index (κ3) is 4.37. The van der Waals surface area contributed by atoms with Crippen LogP contribution in [0.3, 0.4) is 0 Å². The van der Waals surface area contributed by atoms with E-state index in [1.54, 1.807) is 0 Å². The molecule has 2 unspecified atom stereocenters. The van der Waals surface area contributed by atoms with Gasteiger partial charge in [0.2, 0.25) is 0 Å². The number of ether oxygens (including phenoxy) is 2. The molecule has 1 aliphatic heterocycles. The number of nitrogens with one attached hydrogen (secondary N) is 1. The van der Waals surface area contributed by atoms with Crippen LogP contribution >= 0.6 is 0 Å². The van der Waals surface area contributed by atoms with Crippen LogP contribution in [0, 0.1) is 0 Å². The highest BCUT2D eigenvalue weighted by molar-refractivity contribution is 4.91. The molecular weight excluding hydrogens is 206 g/mol. The molecule has 1 aliphatic rings. The molecule has 4 nitrogen and oxygen atoms in total. The predicted molar refractivity (Wildman–Crippen MR) is 63.6 cm³/mol. The molecule has 1 saturated heterocycles. The summed E-state index contributed by atoms with van der Waals surface area (Å²) in [5.41, 5.74) is -0.802. The summed E-state index contributed by atoms with van der Waals surface area (Å²) in [7, 11) is 0. The van der Waals surface area contributed by atoms with Gasteiger partial charge >= 0.3 is 0 Å². The van der Waals surface area contributed by atoms with Gasteiger partial charge in [-0.3, -0.25) is 0 Å². The molecule has 1 rings (SSSR count). The first-order valence-corrected chi connectivity index (χ1v) is 6.02. The van der Waals surface area contributed by atoms with E-state index >= 15 is 0 Å². The van der Waals surface area contributed by atoms with Crippen LogP contribution < -0.4 is 5.32 Å². The Morgan fingerprint density at radius 1 is 1.50 bits per heavy atom. The van der Waals surface area contributed by atoms with E-state index in [1.807, 2.05) is 27.7 Å². The second-order valence-corrected chi connectivity index (χ2v) is 5.50. The van der Waals surface area contributed by atoms with Crippen molar-refractivity contribution in [2.24, 2.45) is 0 Å². The average molecular weight is 231 g/mol. The van der Waals surface area contributed by atoms with Crippen LogP contribution in [0.15, 0.2) is 0 Å². The molecule has 0 saturated carbocycles. The fraction of sp³-hybridized carbons (Fsp3) is 1.00. The van der Waals surface area contributed by atoms with E-state index < -0.39 is 5.60 Å². The molecule has 0 bridgehead atoms. The number of hydrogen-bond acceptors (Lipinski definition) is 4. The molecule has 0 aromatic carbocycles. The van der Waals surface area contributed by atoms with E-state index in [1.165, 1.54) is 0 Å². The summed E-state index contributed by atoms with van der Waals surface area (Å²) in [4.78, 5) is 0. The Morgan fingerprint density at radius 3 is 2.69 bits per heavy atom. The first-order valence-electron chi connectivity index (χ1n) is 6.02. The maximum absolute atomic E-state index is 10.2. The van der Waals surface area contributed by atoms with Crippen molar-refractivity contribution in [3.05, 3.63) is 0 Å². The van der Waals surface area contributed by atoms with Gasteiger partial charge in [-0.1, -0.05) is 0 Å². The Labute approximate surface area is 98.3 Å². The molecule has 2 N–H and O–H groups in total. The van der Waals surface area contributed by atoms with Crippen LogP contribution in [0.4, 0.5) is 0 Å². The maximum atomic E-state index is 10.2. The number of rotatable bonds is 5. The lowest BCUT2D eigenvalue weighted by Crippen LogP contribution is -2.46. The third-order valence-corrected chi connectivity index (χ3v) is 2.90. The molecule has 0 spiro atoms. The second-order valence-electron chi connectivity index (χ2n) is 5.50. The quantitative estimate of drug-likeness (QED) is 0.691. The lowest BCUT2D eigenvalue weighted by atomic mass is 9.97. The Hall–Kier alpha value is -0.160. The van der Waals surface area contributed by atoms with Crippen LogP contribution in [0.1, 0.15) is 34.1 Å². The smallest absolute Gasteiger partial charge is 0.105 e. The summed E-state index contributed by atoms with van der Waals surface area (Å²) in [5, 5.41) is 13.4. The fourth-order valence-electron chi connectivity index (χ4n) is 1.74. The van der Waals surface area contributed by atoms with Gasteiger partial charge in [0.25, 0.3) is 0 Å². The van der Waals surface area contributed by atoms with E-state index in [-0.39, 0.29) is 11.7 Å². The first-order chi connectivity index (χ1) is 7.33. The van der Waals surface area contributed by atoms with Gasteiger partial charge in [0.05, 0.1) is 18.3 Å². The molecule has 96 valence electrons. The molecule has 1 fully saturated rings. The normalized spacial score (nSPS) is 30.9. The molecular formula is C12H25NO3. The molecule has 4 heteroatoms. The monoisotopic (exact) mass is 231 g/mol. The summed E-state index contributed by atoms with van der Waals surface area (Å²) >= 11 is 0. The minimum Gasteiger partial charge on any atom is -0.386 e. The van der Waals surface area contributed by atoms with Gasteiger partial charge in [0.1, 0.15) is 5.60 Å². The van der Waals surface area contributed by atoms with Gasteiger partial charge in [-0.15, -0.1) is 0 Å². The molecule has 1 heterocycles. The van der Waals surface area contributed by atoms with Gasteiger partial charge in [-0.25, -0.2) is 0 Å². The van der Waals surface area contributed by atoms with Crippen molar-refractivity contribution >= 4 is 0 Å². The maximum Gasteiger partial charge on any atom is 0.105 e. The topological polar surface area (TPSA) is 50.7 Å². The van der Waals surface area contributed by atoms with Gasteiger partial charge in [0, 0.05) is 26.1 Å². The van der Waals surface area contributed by atoms with Crippen molar-refractivity contribution in [1.82, 2.24) is 5.32 Å². The molecule has 0 aliphatic carbocycles. The second kappa shape index (κ2) is 5.45. The molecule has 0 amide bonds. The molecule has 2 atom stereocenters. The molecule has 0 aromatic rings. The van der Waals surface area contributed by atoms with Crippen molar-refractivity contribution in [3.8, 4) is 0 Å². The average Bonchev–Trinajstić information content (AvgIpc) is 2.45. The van der Waals surface area contributed by atoms with Crippen molar-refractivity contribution in [1.29, 1.82) is 0 Å². The Morgan fingerprint density at radius 2 is 2.19 bits per heavy atom. The first kappa shape index (κ1) is 13.9. The Bertz CT molecular complexity index is 215. The molecule has 16 heavy (non-hydrogen) atoms. The van der Waals surface area contributed by atoms with Crippen LogP contribution in [-0.2, 0) is 9.47 Å². The van der Waals surface area contributed by atoms with Crippen molar-refractivity contribution in [3.63, 3.8) is 0 Å². The lowest BCUT2D eigenvalue weighted by Gasteiger charge is -2.26. The minimum atomic E-state index is -0.707. The Kier molecular flexibility index (Phi) is 4.73. The summed E-state index contributed by atoms with van der Waals surface area (Å²) in [5.74, 6) is 0. The summed E-state index contributed by atoms with van der Waals surface area (Å²) in [6.07, 6.45) is 0.630. The van der Waals surface area contributed by atoms with E-state index in [2.05, 4.69) is 5.32 Å². The predicted octanol–water partition coefficient (Wildman–Crippen LogP) is 0.931. The molecule has 0 radical (unpaired) electrons. The van der Waals surface area contributed by atoms with Crippen LogP contribution in [0.5, 0.6) is 0 Å². The number of aliphatic hydroxyl groups is 1. The highest BCUT2D eigenvalue weighted by Crippen LogP contribution is 2.24.